The van der Waals surface area contributed by atoms with Gasteiger partial charge in [-0.2, -0.15) is 0 Å². The molecular formula is C16H26NO2+. The molecule has 0 aliphatic carbocycles. The highest BCUT2D eigenvalue weighted by Gasteiger charge is 2.15. The Morgan fingerprint density at radius 2 is 1.89 bits per heavy atom. The van der Waals surface area contributed by atoms with Crippen LogP contribution in [0.25, 0.3) is 6.08 Å². The number of nitrogens with zero attached hydrogens (tertiary/aromatic N) is 1. The summed E-state index contributed by atoms with van der Waals surface area (Å²) >= 11 is 0. The molecule has 1 rings (SSSR count). The molecule has 0 bridgehead atoms. The van der Waals surface area contributed by atoms with E-state index in [9.17, 15) is 5.11 Å². The SMILES string of the molecule is COc1cc(C=C(C)C)cc(O)c1CC[N+](C)(C)C. The summed E-state index contributed by atoms with van der Waals surface area (Å²) in [5.74, 6) is 1.08. The predicted molar refractivity (Wildman–Crippen MR) is 80.6 cm³/mol. The van der Waals surface area contributed by atoms with E-state index in [0.29, 0.717) is 5.75 Å². The van der Waals surface area contributed by atoms with Crippen LogP contribution in [0.2, 0.25) is 0 Å². The monoisotopic (exact) mass is 264 g/mol. The standard InChI is InChI=1S/C16H25NO2/c1-12(2)9-13-10-15(18)14(16(11-13)19-6)7-8-17(3,4)5/h9-11H,7-8H2,1-6H3/p+1. The molecule has 0 saturated heterocycles. The number of hydrogen-bond acceptors (Lipinski definition) is 2. The van der Waals surface area contributed by atoms with Crippen molar-refractivity contribution < 1.29 is 14.3 Å². The Morgan fingerprint density at radius 3 is 2.37 bits per heavy atom. The predicted octanol–water partition coefficient (Wildman–Crippen LogP) is 3.07. The molecule has 1 aromatic rings. The molecule has 0 heterocycles. The summed E-state index contributed by atoms with van der Waals surface area (Å²) < 4.78 is 6.28. The van der Waals surface area contributed by atoms with E-state index >= 15 is 0 Å². The van der Waals surface area contributed by atoms with Gasteiger partial charge in [-0.15, -0.1) is 0 Å². The van der Waals surface area contributed by atoms with Crippen molar-refractivity contribution in [1.29, 1.82) is 0 Å². The average Bonchev–Trinajstić information content (AvgIpc) is 2.24. The number of allylic oxidation sites excluding steroid dienone is 1. The third-order valence-electron chi connectivity index (χ3n) is 2.92. The summed E-state index contributed by atoms with van der Waals surface area (Å²) in [7, 11) is 8.07. The molecule has 0 aliphatic rings. The number of methoxy groups -OCH3 is 1. The molecule has 0 spiro atoms. The van der Waals surface area contributed by atoms with E-state index in [4.69, 9.17) is 4.74 Å². The second-order valence-corrected chi connectivity index (χ2v) is 6.21. The second kappa shape index (κ2) is 6.11. The van der Waals surface area contributed by atoms with Gasteiger partial charge in [0.15, 0.2) is 0 Å². The van der Waals surface area contributed by atoms with E-state index in [1.54, 1.807) is 13.2 Å². The minimum absolute atomic E-state index is 0.320. The lowest BCUT2D eigenvalue weighted by molar-refractivity contribution is -0.870. The maximum Gasteiger partial charge on any atom is 0.126 e. The van der Waals surface area contributed by atoms with Crippen LogP contribution >= 0.6 is 0 Å². The molecule has 0 saturated carbocycles. The fraction of sp³-hybridized carbons (Fsp3) is 0.500. The van der Waals surface area contributed by atoms with Gasteiger partial charge in [-0.1, -0.05) is 11.6 Å². The third-order valence-corrected chi connectivity index (χ3v) is 2.92. The summed E-state index contributed by atoms with van der Waals surface area (Å²) in [6.07, 6.45) is 2.83. The van der Waals surface area contributed by atoms with Gasteiger partial charge in [0, 0.05) is 12.0 Å². The third kappa shape index (κ3) is 4.95. The van der Waals surface area contributed by atoms with Crippen LogP contribution in [0.1, 0.15) is 25.0 Å². The lowest BCUT2D eigenvalue weighted by Crippen LogP contribution is -2.36. The van der Waals surface area contributed by atoms with Crippen molar-refractivity contribution in [2.75, 3.05) is 34.8 Å². The van der Waals surface area contributed by atoms with Crippen molar-refractivity contribution in [3.8, 4) is 11.5 Å². The van der Waals surface area contributed by atoms with Gasteiger partial charge in [-0.3, -0.25) is 0 Å². The Morgan fingerprint density at radius 1 is 1.26 bits per heavy atom. The van der Waals surface area contributed by atoms with E-state index in [-0.39, 0.29) is 0 Å². The van der Waals surface area contributed by atoms with Crippen LogP contribution in [-0.2, 0) is 6.42 Å². The first-order chi connectivity index (χ1) is 8.73. The number of likely N-dealkylation sites (N-methyl/N-ethyl adjacent to an activating group) is 1. The zero-order valence-corrected chi connectivity index (χ0v) is 12.9. The van der Waals surface area contributed by atoms with Crippen molar-refractivity contribution in [2.45, 2.75) is 20.3 Å². The highest BCUT2D eigenvalue weighted by atomic mass is 16.5. The van der Waals surface area contributed by atoms with Crippen LogP contribution in [0.5, 0.6) is 11.5 Å². The average molecular weight is 264 g/mol. The fourth-order valence-corrected chi connectivity index (χ4v) is 1.95. The van der Waals surface area contributed by atoms with Gasteiger partial charge >= 0.3 is 0 Å². The number of phenols is 1. The van der Waals surface area contributed by atoms with Crippen LogP contribution in [-0.4, -0.2) is 44.4 Å². The van der Waals surface area contributed by atoms with E-state index in [0.717, 1.165) is 34.3 Å². The molecule has 3 nitrogen and oxygen atoms in total. The van der Waals surface area contributed by atoms with Crippen LogP contribution in [0.4, 0.5) is 0 Å². The quantitative estimate of drug-likeness (QED) is 0.828. The zero-order chi connectivity index (χ0) is 14.6. The van der Waals surface area contributed by atoms with Gasteiger partial charge in [-0.05, 0) is 31.5 Å². The molecule has 19 heavy (non-hydrogen) atoms. The van der Waals surface area contributed by atoms with Gasteiger partial charge < -0.3 is 14.3 Å². The minimum atomic E-state index is 0.320. The van der Waals surface area contributed by atoms with Crippen molar-refractivity contribution in [2.24, 2.45) is 0 Å². The van der Waals surface area contributed by atoms with E-state index in [2.05, 4.69) is 21.1 Å². The molecule has 3 heteroatoms. The van der Waals surface area contributed by atoms with Gasteiger partial charge in [-0.25, -0.2) is 0 Å². The van der Waals surface area contributed by atoms with E-state index < -0.39 is 0 Å². The first kappa shape index (κ1) is 15.6. The van der Waals surface area contributed by atoms with Gasteiger partial charge in [0.1, 0.15) is 11.5 Å². The van der Waals surface area contributed by atoms with Crippen LogP contribution in [0.15, 0.2) is 17.7 Å². The van der Waals surface area contributed by atoms with Crippen LogP contribution < -0.4 is 4.74 Å². The minimum Gasteiger partial charge on any atom is -0.508 e. The molecule has 0 atom stereocenters. The molecule has 0 fully saturated rings. The first-order valence-electron chi connectivity index (χ1n) is 6.58. The molecule has 0 unspecified atom stereocenters. The number of phenolic OH excluding ortho intramolecular Hbond substituents is 1. The molecule has 0 radical (unpaired) electrons. The Labute approximate surface area is 116 Å². The number of ether oxygens (including phenoxy) is 1. The van der Waals surface area contributed by atoms with Gasteiger partial charge in [0.05, 0.1) is 34.8 Å². The first-order valence-corrected chi connectivity index (χ1v) is 6.58. The van der Waals surface area contributed by atoms with Crippen molar-refractivity contribution in [1.82, 2.24) is 0 Å². The van der Waals surface area contributed by atoms with Crippen LogP contribution in [0, 0.1) is 0 Å². The van der Waals surface area contributed by atoms with Crippen molar-refractivity contribution in [3.05, 3.63) is 28.8 Å². The number of benzene rings is 1. The van der Waals surface area contributed by atoms with Gasteiger partial charge in [0.2, 0.25) is 0 Å². The Kier molecular flexibility index (Phi) is 5.01. The lowest BCUT2D eigenvalue weighted by atomic mass is 10.0. The summed E-state index contributed by atoms with van der Waals surface area (Å²) in [5.41, 5.74) is 3.06. The highest BCUT2D eigenvalue weighted by molar-refractivity contribution is 5.60. The summed E-state index contributed by atoms with van der Waals surface area (Å²) in [6.45, 7) is 5.02. The number of aromatic hydroxyl groups is 1. The zero-order valence-electron chi connectivity index (χ0n) is 12.9. The Balaban J connectivity index is 3.08. The van der Waals surface area contributed by atoms with Crippen molar-refractivity contribution in [3.63, 3.8) is 0 Å². The molecule has 0 aliphatic heterocycles. The number of hydrogen-bond donors (Lipinski definition) is 1. The second-order valence-electron chi connectivity index (χ2n) is 6.21. The number of rotatable bonds is 5. The van der Waals surface area contributed by atoms with E-state index in [1.807, 2.05) is 26.0 Å². The number of quaternary nitrogens is 1. The Hall–Kier alpha value is -1.48. The maximum atomic E-state index is 10.2. The topological polar surface area (TPSA) is 29.5 Å². The largest absolute Gasteiger partial charge is 0.508 e. The highest BCUT2D eigenvalue weighted by Crippen LogP contribution is 2.31. The summed E-state index contributed by atoms with van der Waals surface area (Å²) in [6, 6.07) is 3.79. The van der Waals surface area contributed by atoms with E-state index in [1.165, 1.54) is 5.57 Å². The maximum absolute atomic E-state index is 10.2. The Bertz CT molecular complexity index is 466. The molecule has 1 aromatic carbocycles. The smallest absolute Gasteiger partial charge is 0.126 e. The summed E-state index contributed by atoms with van der Waals surface area (Å²) in [4.78, 5) is 0. The van der Waals surface area contributed by atoms with Crippen LogP contribution in [0.3, 0.4) is 0 Å². The molecule has 0 aromatic heterocycles. The molecule has 106 valence electrons. The normalized spacial score (nSPS) is 11.3. The van der Waals surface area contributed by atoms with Crippen molar-refractivity contribution >= 4 is 6.08 Å². The van der Waals surface area contributed by atoms with Gasteiger partial charge in [0.25, 0.3) is 0 Å². The molecular weight excluding hydrogens is 238 g/mol. The molecule has 1 N–H and O–H groups in total. The lowest BCUT2D eigenvalue weighted by Gasteiger charge is -2.24. The summed E-state index contributed by atoms with van der Waals surface area (Å²) in [5, 5.41) is 10.2. The fourth-order valence-electron chi connectivity index (χ4n) is 1.95. The molecule has 0 amide bonds.